The molecule has 6 heterocycles. The first-order valence-corrected chi connectivity index (χ1v) is 33.4. The molecule has 6 saturated heterocycles. The molecule has 6 aliphatic heterocycles. The molecule has 0 spiro atoms. The number of nitrogens with one attached hydrogen (secondary N) is 5. The van der Waals surface area contributed by atoms with Gasteiger partial charge >= 0.3 is 0 Å². The molecule has 3 aromatic carbocycles. The van der Waals surface area contributed by atoms with E-state index in [2.05, 4.69) is 134 Å². The highest BCUT2D eigenvalue weighted by Crippen LogP contribution is 2.29. The van der Waals surface area contributed by atoms with E-state index in [0.717, 1.165) is 45.1 Å². The van der Waals surface area contributed by atoms with Crippen LogP contribution in [0, 0.1) is 17.8 Å². The van der Waals surface area contributed by atoms with Gasteiger partial charge in [0.1, 0.15) is 0 Å². The maximum Gasteiger partial charge on any atom is 0.237 e. The predicted octanol–water partition coefficient (Wildman–Crippen LogP) is 3.54. The van der Waals surface area contributed by atoms with Crippen LogP contribution in [0.25, 0.3) is 0 Å². The molecule has 9 rings (SSSR count). The van der Waals surface area contributed by atoms with Crippen LogP contribution in [0.2, 0.25) is 0 Å². The average Bonchev–Trinajstić information content (AvgIpc) is 2.95. The van der Waals surface area contributed by atoms with Crippen molar-refractivity contribution in [1.29, 1.82) is 0 Å². The number of likely N-dealkylation sites (tertiary alicyclic amines) is 6. The zero-order valence-electron chi connectivity index (χ0n) is 53.6. The maximum absolute atomic E-state index is 14.8. The Morgan fingerprint density at radius 3 is 0.875 bits per heavy atom. The second-order valence-corrected chi connectivity index (χ2v) is 27.9. The Hall–Kier alpha value is -5.80. The quantitative estimate of drug-likeness (QED) is 0.0528. The molecule has 0 aromatic heterocycles. The van der Waals surface area contributed by atoms with E-state index >= 15 is 0 Å². The first kappa shape index (κ1) is 66.6. The third-order valence-corrected chi connectivity index (χ3v) is 19.6. The fraction of sp³-hybridized carbons (Fsp3) is 0.652. The molecule has 3 aromatic rings. The largest absolute Gasteiger partial charge is 0.368 e. The maximum atomic E-state index is 14.8. The van der Waals surface area contributed by atoms with E-state index in [4.69, 9.17) is 11.5 Å². The van der Waals surface area contributed by atoms with Crippen molar-refractivity contribution in [1.82, 2.24) is 56.0 Å². The van der Waals surface area contributed by atoms with Crippen molar-refractivity contribution in [2.45, 2.75) is 191 Å². The van der Waals surface area contributed by atoms with Crippen LogP contribution in [0.4, 0.5) is 0 Å². The summed E-state index contributed by atoms with van der Waals surface area (Å²) in [6.07, 6.45) is 7.97. The van der Waals surface area contributed by atoms with Gasteiger partial charge in [0.2, 0.25) is 35.4 Å². The Bertz CT molecular complexity index is 2740. The van der Waals surface area contributed by atoms with Gasteiger partial charge in [-0.3, -0.25) is 58.2 Å². The van der Waals surface area contributed by atoms with E-state index in [1.807, 2.05) is 54.6 Å². The molecule has 19 heteroatoms. The van der Waals surface area contributed by atoms with Gasteiger partial charge < -0.3 is 38.1 Å². The highest BCUT2D eigenvalue weighted by Gasteiger charge is 2.47. The SMILES string of the molecule is CC(C)CCN1C[C@@H](N)C[C@H]1C(=O)N[C@H]1C[C@@H](C(=O)N[C@H]2C[C@@H](C(=O)N[C@H]3C[C@@H](C(=O)N[C@H]4C[C@@H](C(=O)N[C@H]5C[C@@H](C(N)=O)N(CCc6ccccc6)C5)N(CCC(C)C)C4)N(CCc4ccccc4)C3)N(CCC(C)C)C2)N(CCc2ccccc2)C1. The second kappa shape index (κ2) is 31.8. The minimum Gasteiger partial charge on any atom is -0.368 e. The fourth-order valence-corrected chi connectivity index (χ4v) is 14.6. The third-order valence-electron chi connectivity index (χ3n) is 19.6. The summed E-state index contributed by atoms with van der Waals surface area (Å²) in [4.78, 5) is 98.7. The molecule has 0 radical (unpaired) electrons. The van der Waals surface area contributed by atoms with Gasteiger partial charge in [-0.25, -0.2) is 0 Å². The van der Waals surface area contributed by atoms with Crippen molar-refractivity contribution in [3.05, 3.63) is 108 Å². The molecule has 0 saturated carbocycles. The number of nitrogens with zero attached hydrogens (tertiary/aromatic N) is 6. The number of hydrogen-bond acceptors (Lipinski definition) is 13. The second-order valence-electron chi connectivity index (χ2n) is 27.9. The Labute approximate surface area is 524 Å². The normalized spacial score (nSPS) is 28.3. The van der Waals surface area contributed by atoms with Crippen molar-refractivity contribution in [3.63, 3.8) is 0 Å². The monoisotopic (exact) mass is 1210 g/mol. The van der Waals surface area contributed by atoms with Gasteiger partial charge in [0.05, 0.1) is 36.3 Å². The van der Waals surface area contributed by atoms with Crippen molar-refractivity contribution in [3.8, 4) is 0 Å². The van der Waals surface area contributed by atoms with Crippen LogP contribution in [0.3, 0.4) is 0 Å². The molecule has 0 aliphatic carbocycles. The van der Waals surface area contributed by atoms with Crippen LogP contribution in [-0.4, -0.2) is 216 Å². The minimum atomic E-state index is -0.505. The van der Waals surface area contributed by atoms with Crippen LogP contribution in [0.5, 0.6) is 0 Å². The van der Waals surface area contributed by atoms with E-state index in [-0.39, 0.29) is 77.7 Å². The molecule has 6 aliphatic rings. The number of carbonyl (C=O) groups excluding carboxylic acids is 6. The molecule has 19 nitrogen and oxygen atoms in total. The van der Waals surface area contributed by atoms with Gasteiger partial charge in [-0.2, -0.15) is 0 Å². The zero-order valence-corrected chi connectivity index (χ0v) is 53.6. The number of rotatable bonds is 29. The Morgan fingerprint density at radius 2 is 0.602 bits per heavy atom. The van der Waals surface area contributed by atoms with Crippen molar-refractivity contribution in [2.75, 3.05) is 78.5 Å². The summed E-state index contributed by atoms with van der Waals surface area (Å²) in [7, 11) is 0. The van der Waals surface area contributed by atoms with E-state index in [0.29, 0.717) is 128 Å². The summed E-state index contributed by atoms with van der Waals surface area (Å²) in [5.74, 6) is 0.587. The molecule has 9 N–H and O–H groups in total. The standard InChI is InChI=1S/C69H105N13O6/c1-46(2)22-28-77-40-52(70)34-59(77)65(84)73-56-38-62(81(44-56)32-26-50-18-12-8-13-19-50)68(87)75-55-37-61(80(43-55)30-24-48(5)6)67(86)76-57-39-63(82(45-57)33-27-51-20-14-9-15-21-51)69(88)74-54-36-60(79(42-54)29-23-47(3)4)66(85)72-53-35-58(64(71)83)78(41-53)31-25-49-16-10-7-11-17-49/h7-21,46-48,52-63H,22-45,70H2,1-6H3,(H2,71,83)(H,72,85)(H,73,84)(H,74,88)(H,75,87)(H,76,86)/t52-,53-,54-,55-,56-,57-,58-,59-,60-,61-,62-,63-/m0/s1. The van der Waals surface area contributed by atoms with Gasteiger partial charge in [-0.05, 0) is 131 Å². The van der Waals surface area contributed by atoms with Crippen molar-refractivity contribution < 1.29 is 28.8 Å². The molecule has 88 heavy (non-hydrogen) atoms. The fourth-order valence-electron chi connectivity index (χ4n) is 14.6. The lowest BCUT2D eigenvalue weighted by atomic mass is 10.1. The first-order chi connectivity index (χ1) is 42.3. The van der Waals surface area contributed by atoms with Gasteiger partial charge in [0.25, 0.3) is 0 Å². The number of hydrogen-bond donors (Lipinski definition) is 7. The molecule has 12 atom stereocenters. The van der Waals surface area contributed by atoms with E-state index in [9.17, 15) is 28.8 Å². The van der Waals surface area contributed by atoms with Crippen LogP contribution < -0.4 is 38.1 Å². The topological polar surface area (TPSA) is 234 Å². The number of amides is 6. The first-order valence-electron chi connectivity index (χ1n) is 33.4. The van der Waals surface area contributed by atoms with Crippen LogP contribution >= 0.6 is 0 Å². The van der Waals surface area contributed by atoms with Gasteiger partial charge in [-0.15, -0.1) is 0 Å². The molecule has 0 bridgehead atoms. The number of carbonyl (C=O) groups is 6. The molecule has 482 valence electrons. The van der Waals surface area contributed by atoms with Crippen LogP contribution in [0.1, 0.15) is 116 Å². The number of benzene rings is 3. The molecular formula is C69H105N13O6. The number of nitrogens with two attached hydrogens (primary N) is 2. The number of primary amides is 1. The van der Waals surface area contributed by atoms with Crippen LogP contribution in [0.15, 0.2) is 91.0 Å². The average molecular weight is 1210 g/mol. The Kier molecular flexibility index (Phi) is 24.1. The Balaban J connectivity index is 0.838. The zero-order chi connectivity index (χ0) is 62.4. The lowest BCUT2D eigenvalue weighted by Gasteiger charge is -2.26. The highest BCUT2D eigenvalue weighted by molar-refractivity contribution is 5.87. The summed E-state index contributed by atoms with van der Waals surface area (Å²) in [5.41, 5.74) is 15.9. The molecular weight excluding hydrogens is 1110 g/mol. The minimum absolute atomic E-state index is 0.0115. The lowest BCUT2D eigenvalue weighted by Crippen LogP contribution is -2.48. The predicted molar refractivity (Wildman–Crippen MR) is 345 cm³/mol. The van der Waals surface area contributed by atoms with E-state index in [1.165, 1.54) is 16.7 Å². The highest BCUT2D eigenvalue weighted by atomic mass is 16.2. The summed E-state index contributed by atoms with van der Waals surface area (Å²) in [6.45, 7) is 20.7. The van der Waals surface area contributed by atoms with E-state index in [1.54, 1.807) is 0 Å². The summed E-state index contributed by atoms with van der Waals surface area (Å²) >= 11 is 0. The molecule has 6 amide bonds. The van der Waals surface area contributed by atoms with Gasteiger partial charge in [-0.1, -0.05) is 133 Å². The summed E-state index contributed by atoms with van der Waals surface area (Å²) < 4.78 is 0. The van der Waals surface area contributed by atoms with Gasteiger partial charge in [0.15, 0.2) is 0 Å². The van der Waals surface area contributed by atoms with Crippen LogP contribution in [-0.2, 0) is 48.0 Å². The molecule has 0 unspecified atom stereocenters. The van der Waals surface area contributed by atoms with Crippen molar-refractivity contribution in [2.24, 2.45) is 29.2 Å². The smallest absolute Gasteiger partial charge is 0.237 e. The molecule has 6 fully saturated rings. The lowest BCUT2D eigenvalue weighted by molar-refractivity contribution is -0.127. The van der Waals surface area contributed by atoms with Crippen molar-refractivity contribution >= 4 is 35.4 Å². The third kappa shape index (κ3) is 18.7. The summed E-state index contributed by atoms with van der Waals surface area (Å²) in [6, 6.07) is 26.8. The van der Waals surface area contributed by atoms with E-state index < -0.39 is 30.2 Å². The van der Waals surface area contributed by atoms with Gasteiger partial charge in [0, 0.05) is 95.2 Å². The Morgan fingerprint density at radius 1 is 0.364 bits per heavy atom. The summed E-state index contributed by atoms with van der Waals surface area (Å²) in [5, 5.41) is 16.9.